The molecule has 0 spiro atoms. The van der Waals surface area contributed by atoms with E-state index in [-0.39, 0.29) is 4.90 Å². The maximum atomic E-state index is 12.5. The molecule has 8 heteroatoms. The summed E-state index contributed by atoms with van der Waals surface area (Å²) in [7, 11) is -1.93. The Kier molecular flexibility index (Phi) is 7.87. The molecule has 1 N–H and O–H groups in total. The summed E-state index contributed by atoms with van der Waals surface area (Å²) in [6.07, 6.45) is 4.06. The Balaban J connectivity index is 2.68. The standard InChI is InChI=1S/C13H26N4O3S/c1-4-6-14-7-8-16-12-13(11-15-16)21(18,19)17(5-2)9-10-20-3/h11-12,14H,4-10H2,1-3H3. The summed E-state index contributed by atoms with van der Waals surface area (Å²) in [5, 5.41) is 7.37. The Bertz CT molecular complexity index is 501. The second kappa shape index (κ2) is 9.14. The normalized spacial score (nSPS) is 12.2. The first-order chi connectivity index (χ1) is 10.1. The van der Waals surface area contributed by atoms with Gasteiger partial charge in [0, 0.05) is 32.9 Å². The molecule has 21 heavy (non-hydrogen) atoms. The minimum Gasteiger partial charge on any atom is -0.383 e. The molecule has 0 unspecified atom stereocenters. The number of ether oxygens (including phenoxy) is 1. The summed E-state index contributed by atoms with van der Waals surface area (Å²) >= 11 is 0. The van der Waals surface area contributed by atoms with E-state index in [4.69, 9.17) is 4.74 Å². The van der Waals surface area contributed by atoms with Crippen molar-refractivity contribution in [2.45, 2.75) is 31.7 Å². The SMILES string of the molecule is CCCNCCn1cc(S(=O)(=O)N(CC)CCOC)cn1. The van der Waals surface area contributed by atoms with Crippen molar-refractivity contribution >= 4 is 10.0 Å². The third-order valence-electron chi connectivity index (χ3n) is 3.09. The molecule has 0 radical (unpaired) electrons. The van der Waals surface area contributed by atoms with Gasteiger partial charge in [0.2, 0.25) is 10.0 Å². The van der Waals surface area contributed by atoms with Gasteiger partial charge in [0.15, 0.2) is 0 Å². The van der Waals surface area contributed by atoms with Gasteiger partial charge in [0.25, 0.3) is 0 Å². The summed E-state index contributed by atoms with van der Waals surface area (Å²) in [6, 6.07) is 0. The van der Waals surface area contributed by atoms with Crippen LogP contribution in [-0.4, -0.2) is 62.4 Å². The lowest BCUT2D eigenvalue weighted by molar-refractivity contribution is 0.180. The van der Waals surface area contributed by atoms with Crippen LogP contribution in [0.1, 0.15) is 20.3 Å². The van der Waals surface area contributed by atoms with Gasteiger partial charge in [-0.25, -0.2) is 8.42 Å². The number of rotatable bonds is 11. The number of aromatic nitrogens is 2. The molecule has 0 saturated carbocycles. The monoisotopic (exact) mass is 318 g/mol. The molecular formula is C13H26N4O3S. The van der Waals surface area contributed by atoms with Crippen LogP contribution in [0.3, 0.4) is 0 Å². The van der Waals surface area contributed by atoms with Gasteiger partial charge in [-0.15, -0.1) is 0 Å². The zero-order valence-corrected chi connectivity index (χ0v) is 13.9. The van der Waals surface area contributed by atoms with Gasteiger partial charge in [0.1, 0.15) is 4.90 Å². The van der Waals surface area contributed by atoms with Crippen molar-refractivity contribution in [3.63, 3.8) is 0 Å². The van der Waals surface area contributed by atoms with Gasteiger partial charge < -0.3 is 10.1 Å². The van der Waals surface area contributed by atoms with Crippen LogP contribution in [0.5, 0.6) is 0 Å². The molecule has 1 aromatic heterocycles. The molecule has 0 aliphatic heterocycles. The summed E-state index contributed by atoms with van der Waals surface area (Å²) in [4.78, 5) is 0.232. The molecule has 122 valence electrons. The molecule has 0 bridgehead atoms. The molecular weight excluding hydrogens is 292 g/mol. The summed E-state index contributed by atoms with van der Waals surface area (Å²) in [5.41, 5.74) is 0. The third-order valence-corrected chi connectivity index (χ3v) is 5.02. The lowest BCUT2D eigenvalue weighted by Crippen LogP contribution is -2.33. The molecule has 0 atom stereocenters. The van der Waals surface area contributed by atoms with E-state index in [0.717, 1.165) is 19.5 Å². The van der Waals surface area contributed by atoms with Crippen LogP contribution in [0.15, 0.2) is 17.3 Å². The zero-order chi connectivity index (χ0) is 15.7. The lowest BCUT2D eigenvalue weighted by Gasteiger charge is -2.18. The number of methoxy groups -OCH3 is 1. The average molecular weight is 318 g/mol. The van der Waals surface area contributed by atoms with Crippen molar-refractivity contribution in [2.75, 3.05) is 39.9 Å². The van der Waals surface area contributed by atoms with Crippen molar-refractivity contribution in [1.82, 2.24) is 19.4 Å². The van der Waals surface area contributed by atoms with Gasteiger partial charge >= 0.3 is 0 Å². The first-order valence-corrected chi connectivity index (χ1v) is 8.72. The maximum absolute atomic E-state index is 12.5. The molecule has 0 fully saturated rings. The van der Waals surface area contributed by atoms with Crippen LogP contribution in [0.4, 0.5) is 0 Å². The molecule has 1 rings (SSSR count). The Hall–Kier alpha value is -0.960. The van der Waals surface area contributed by atoms with Crippen molar-refractivity contribution in [1.29, 1.82) is 0 Å². The van der Waals surface area contributed by atoms with Gasteiger partial charge in [-0.05, 0) is 13.0 Å². The van der Waals surface area contributed by atoms with Crippen LogP contribution in [0.2, 0.25) is 0 Å². The highest BCUT2D eigenvalue weighted by Crippen LogP contribution is 2.14. The minimum absolute atomic E-state index is 0.232. The number of nitrogens with one attached hydrogen (secondary N) is 1. The van der Waals surface area contributed by atoms with Crippen LogP contribution >= 0.6 is 0 Å². The van der Waals surface area contributed by atoms with Crippen molar-refractivity contribution < 1.29 is 13.2 Å². The smallest absolute Gasteiger partial charge is 0.246 e. The van der Waals surface area contributed by atoms with E-state index in [1.54, 1.807) is 18.0 Å². The van der Waals surface area contributed by atoms with E-state index in [2.05, 4.69) is 17.3 Å². The van der Waals surface area contributed by atoms with Gasteiger partial charge in [-0.1, -0.05) is 13.8 Å². The first-order valence-electron chi connectivity index (χ1n) is 7.28. The average Bonchev–Trinajstić information content (AvgIpc) is 2.94. The number of hydrogen-bond acceptors (Lipinski definition) is 5. The first kappa shape index (κ1) is 18.1. The summed E-state index contributed by atoms with van der Waals surface area (Å²) in [6.45, 7) is 7.43. The zero-order valence-electron chi connectivity index (χ0n) is 13.1. The predicted octanol–water partition coefficient (Wildman–Crippen LogP) is 0.540. The van der Waals surface area contributed by atoms with Crippen LogP contribution in [0.25, 0.3) is 0 Å². The van der Waals surface area contributed by atoms with Gasteiger partial charge in [-0.2, -0.15) is 9.40 Å². The molecule has 0 aliphatic rings. The Morgan fingerprint density at radius 1 is 1.38 bits per heavy atom. The summed E-state index contributed by atoms with van der Waals surface area (Å²) in [5.74, 6) is 0. The Morgan fingerprint density at radius 2 is 2.14 bits per heavy atom. The minimum atomic E-state index is -3.49. The second-order valence-electron chi connectivity index (χ2n) is 4.68. The highest BCUT2D eigenvalue weighted by atomic mass is 32.2. The molecule has 0 saturated heterocycles. The van der Waals surface area contributed by atoms with Gasteiger partial charge in [0.05, 0.1) is 19.3 Å². The fraction of sp³-hybridized carbons (Fsp3) is 0.769. The number of sulfonamides is 1. The highest BCUT2D eigenvalue weighted by molar-refractivity contribution is 7.89. The molecule has 1 aromatic rings. The fourth-order valence-electron chi connectivity index (χ4n) is 1.89. The van der Waals surface area contributed by atoms with Crippen molar-refractivity contribution in [2.24, 2.45) is 0 Å². The predicted molar refractivity (Wildman–Crippen MR) is 81.7 cm³/mol. The fourth-order valence-corrected chi connectivity index (χ4v) is 3.27. The number of hydrogen-bond donors (Lipinski definition) is 1. The van der Waals surface area contributed by atoms with Crippen LogP contribution in [-0.2, 0) is 21.3 Å². The van der Waals surface area contributed by atoms with Crippen molar-refractivity contribution in [3.8, 4) is 0 Å². The molecule has 0 aromatic carbocycles. The molecule has 7 nitrogen and oxygen atoms in total. The lowest BCUT2D eigenvalue weighted by atomic mass is 10.5. The number of nitrogens with zero attached hydrogens (tertiary/aromatic N) is 3. The molecule has 0 aliphatic carbocycles. The van der Waals surface area contributed by atoms with E-state index in [1.165, 1.54) is 10.5 Å². The topological polar surface area (TPSA) is 76.5 Å². The van der Waals surface area contributed by atoms with E-state index in [9.17, 15) is 8.42 Å². The van der Waals surface area contributed by atoms with E-state index in [1.807, 2.05) is 6.92 Å². The van der Waals surface area contributed by atoms with Gasteiger partial charge in [-0.3, -0.25) is 4.68 Å². The van der Waals surface area contributed by atoms with E-state index >= 15 is 0 Å². The third kappa shape index (κ3) is 5.39. The quantitative estimate of drug-likeness (QED) is 0.603. The van der Waals surface area contributed by atoms with Crippen LogP contribution < -0.4 is 5.32 Å². The Labute approximate surface area is 127 Å². The van der Waals surface area contributed by atoms with E-state index in [0.29, 0.717) is 26.2 Å². The second-order valence-corrected chi connectivity index (χ2v) is 6.62. The highest BCUT2D eigenvalue weighted by Gasteiger charge is 2.24. The number of likely N-dealkylation sites (N-methyl/N-ethyl adjacent to an activating group) is 1. The largest absolute Gasteiger partial charge is 0.383 e. The van der Waals surface area contributed by atoms with Crippen molar-refractivity contribution in [3.05, 3.63) is 12.4 Å². The van der Waals surface area contributed by atoms with Crippen LogP contribution in [0, 0.1) is 0 Å². The van der Waals surface area contributed by atoms with E-state index < -0.39 is 10.0 Å². The maximum Gasteiger partial charge on any atom is 0.246 e. The summed E-state index contributed by atoms with van der Waals surface area (Å²) < 4.78 is 32.9. The molecule has 1 heterocycles. The Morgan fingerprint density at radius 3 is 2.76 bits per heavy atom. The molecule has 0 amide bonds.